The summed E-state index contributed by atoms with van der Waals surface area (Å²) in [5.41, 5.74) is 0.0560. The van der Waals surface area contributed by atoms with Gasteiger partial charge in [-0.3, -0.25) is 13.9 Å². The van der Waals surface area contributed by atoms with Crippen molar-refractivity contribution in [3.05, 3.63) is 57.1 Å². The number of nitrogens with zero attached hydrogens (tertiary/aromatic N) is 4. The Labute approximate surface area is 149 Å². The molecule has 1 atom stereocenters. The summed E-state index contributed by atoms with van der Waals surface area (Å²) in [4.78, 5) is 30.3. The predicted octanol–water partition coefficient (Wildman–Crippen LogP) is 0.594. The van der Waals surface area contributed by atoms with E-state index in [0.29, 0.717) is 18.1 Å². The van der Waals surface area contributed by atoms with E-state index in [1.165, 1.54) is 17.7 Å². The summed E-state index contributed by atoms with van der Waals surface area (Å²) in [7, 11) is 3.18. The Morgan fingerprint density at radius 3 is 2.92 bits per heavy atom. The normalized spacial score (nSPS) is 17.3. The Morgan fingerprint density at radius 2 is 2.12 bits per heavy atom. The van der Waals surface area contributed by atoms with Crippen molar-refractivity contribution < 1.29 is 4.42 Å². The molecule has 0 unspecified atom stereocenters. The van der Waals surface area contributed by atoms with E-state index in [-0.39, 0.29) is 17.3 Å². The number of fused-ring (bicyclic) bond motifs is 1. The molecular formula is C18H21N5O3. The monoisotopic (exact) mass is 355 g/mol. The van der Waals surface area contributed by atoms with E-state index < -0.39 is 0 Å². The van der Waals surface area contributed by atoms with Crippen molar-refractivity contribution in [2.45, 2.75) is 19.0 Å². The van der Waals surface area contributed by atoms with Crippen LogP contribution in [-0.2, 0) is 20.6 Å². The Hall–Kier alpha value is -2.87. The van der Waals surface area contributed by atoms with Gasteiger partial charge in [0.15, 0.2) is 0 Å². The van der Waals surface area contributed by atoms with Gasteiger partial charge >= 0.3 is 5.69 Å². The topological polar surface area (TPSA) is 85.3 Å². The summed E-state index contributed by atoms with van der Waals surface area (Å²) in [6.07, 6.45) is 2.65. The van der Waals surface area contributed by atoms with Gasteiger partial charge in [-0.05, 0) is 24.6 Å². The number of nitrogens with one attached hydrogen (secondary N) is 1. The number of furan rings is 1. The first-order valence-corrected chi connectivity index (χ1v) is 8.62. The largest absolute Gasteiger partial charge is 0.441 e. The number of aromatic nitrogens is 3. The molecule has 0 aromatic carbocycles. The summed E-state index contributed by atoms with van der Waals surface area (Å²) in [6.45, 7) is 2.14. The molecule has 26 heavy (non-hydrogen) atoms. The Bertz CT molecular complexity index is 1030. The highest BCUT2D eigenvalue weighted by Gasteiger charge is 2.25. The molecule has 1 N–H and O–H groups in total. The van der Waals surface area contributed by atoms with Gasteiger partial charge in [-0.1, -0.05) is 0 Å². The van der Waals surface area contributed by atoms with Crippen LogP contribution in [0.4, 0.5) is 5.82 Å². The third-order valence-corrected chi connectivity index (χ3v) is 4.92. The van der Waals surface area contributed by atoms with E-state index in [0.717, 1.165) is 35.2 Å². The third kappa shape index (κ3) is 2.92. The quantitative estimate of drug-likeness (QED) is 0.737. The minimum Gasteiger partial charge on any atom is -0.441 e. The predicted molar refractivity (Wildman–Crippen MR) is 98.4 cm³/mol. The van der Waals surface area contributed by atoms with Gasteiger partial charge < -0.3 is 14.6 Å². The van der Waals surface area contributed by atoms with Gasteiger partial charge in [-0.25, -0.2) is 9.78 Å². The second-order valence-electron chi connectivity index (χ2n) is 6.66. The van der Waals surface area contributed by atoms with E-state index in [2.05, 4.69) is 15.2 Å². The lowest BCUT2D eigenvalue weighted by Crippen LogP contribution is -2.40. The van der Waals surface area contributed by atoms with Gasteiger partial charge in [-0.15, -0.1) is 0 Å². The van der Waals surface area contributed by atoms with Crippen molar-refractivity contribution in [2.75, 3.05) is 18.0 Å². The zero-order chi connectivity index (χ0) is 18.3. The molecule has 0 aliphatic carbocycles. The minimum absolute atomic E-state index is 0.260. The SMILES string of the molecule is Cn1c(N2CC[C@@H](NCc3cc4cccnc4o3)C2)cc(=O)n(C)c1=O. The molecule has 0 bridgehead atoms. The third-order valence-electron chi connectivity index (χ3n) is 4.92. The summed E-state index contributed by atoms with van der Waals surface area (Å²) >= 11 is 0. The highest BCUT2D eigenvalue weighted by molar-refractivity contribution is 5.73. The van der Waals surface area contributed by atoms with E-state index >= 15 is 0 Å². The second-order valence-corrected chi connectivity index (χ2v) is 6.66. The van der Waals surface area contributed by atoms with Gasteiger partial charge in [0.05, 0.1) is 6.54 Å². The summed E-state index contributed by atoms with van der Waals surface area (Å²) in [5, 5.41) is 4.48. The molecule has 3 aromatic rings. The molecule has 4 rings (SSSR count). The van der Waals surface area contributed by atoms with Crippen LogP contribution in [0.2, 0.25) is 0 Å². The smallest absolute Gasteiger partial charge is 0.332 e. The Morgan fingerprint density at radius 1 is 1.27 bits per heavy atom. The zero-order valence-electron chi connectivity index (χ0n) is 14.8. The van der Waals surface area contributed by atoms with Crippen LogP contribution in [0.3, 0.4) is 0 Å². The number of anilines is 1. The second kappa shape index (κ2) is 6.45. The van der Waals surface area contributed by atoms with Crippen molar-refractivity contribution in [1.82, 2.24) is 19.4 Å². The van der Waals surface area contributed by atoms with Crippen molar-refractivity contribution in [3.63, 3.8) is 0 Å². The van der Waals surface area contributed by atoms with Crippen LogP contribution in [0.1, 0.15) is 12.2 Å². The molecule has 8 heteroatoms. The lowest BCUT2D eigenvalue weighted by atomic mass is 10.2. The molecule has 1 aliphatic rings. The molecular weight excluding hydrogens is 334 g/mol. The number of hydrogen-bond donors (Lipinski definition) is 1. The maximum absolute atomic E-state index is 12.1. The molecule has 136 valence electrons. The highest BCUT2D eigenvalue weighted by Crippen LogP contribution is 2.19. The van der Waals surface area contributed by atoms with Crippen LogP contribution in [-0.4, -0.2) is 33.2 Å². The molecule has 1 aliphatic heterocycles. The van der Waals surface area contributed by atoms with Gasteiger partial charge in [0, 0.05) is 50.9 Å². The van der Waals surface area contributed by atoms with Crippen molar-refractivity contribution >= 4 is 16.9 Å². The molecule has 0 spiro atoms. The summed E-state index contributed by atoms with van der Waals surface area (Å²) < 4.78 is 8.36. The molecule has 0 radical (unpaired) electrons. The number of rotatable bonds is 4. The number of pyridine rings is 1. The van der Waals surface area contributed by atoms with Gasteiger partial charge in [0.25, 0.3) is 5.56 Å². The average molecular weight is 355 g/mol. The first-order chi connectivity index (χ1) is 12.5. The summed E-state index contributed by atoms with van der Waals surface area (Å²) in [5.74, 6) is 1.51. The maximum atomic E-state index is 12.1. The molecule has 1 fully saturated rings. The summed E-state index contributed by atoms with van der Waals surface area (Å²) in [6, 6.07) is 7.64. The van der Waals surface area contributed by atoms with Gasteiger partial charge in [0.1, 0.15) is 11.6 Å². The van der Waals surface area contributed by atoms with Crippen molar-refractivity contribution in [1.29, 1.82) is 0 Å². The van der Waals surface area contributed by atoms with Crippen LogP contribution in [0, 0.1) is 0 Å². The number of hydrogen-bond acceptors (Lipinski definition) is 6. The molecule has 1 saturated heterocycles. The Balaban J connectivity index is 1.44. The first-order valence-electron chi connectivity index (χ1n) is 8.62. The lowest BCUT2D eigenvalue weighted by Gasteiger charge is -2.21. The molecule has 0 amide bonds. The fourth-order valence-electron chi connectivity index (χ4n) is 3.42. The molecule has 0 saturated carbocycles. The fraction of sp³-hybridized carbons (Fsp3) is 0.389. The van der Waals surface area contributed by atoms with E-state index in [4.69, 9.17) is 4.42 Å². The maximum Gasteiger partial charge on any atom is 0.332 e. The van der Waals surface area contributed by atoms with Crippen LogP contribution in [0.15, 0.2) is 44.5 Å². The van der Waals surface area contributed by atoms with E-state index in [1.54, 1.807) is 13.2 Å². The average Bonchev–Trinajstić information content (AvgIpc) is 3.27. The van der Waals surface area contributed by atoms with Crippen molar-refractivity contribution in [2.24, 2.45) is 14.1 Å². The standard InChI is InChI=1S/C18H21N5O3/c1-21-15(9-16(24)22(2)18(21)25)23-7-5-13(11-23)20-10-14-8-12-4-3-6-19-17(12)26-14/h3-4,6,8-9,13,20H,5,7,10-11H2,1-2H3/t13-/m1/s1. The van der Waals surface area contributed by atoms with Crippen LogP contribution < -0.4 is 21.5 Å². The van der Waals surface area contributed by atoms with Gasteiger partial charge in [0.2, 0.25) is 5.71 Å². The first kappa shape index (κ1) is 16.6. The molecule has 4 heterocycles. The van der Waals surface area contributed by atoms with Crippen molar-refractivity contribution in [3.8, 4) is 0 Å². The Kier molecular flexibility index (Phi) is 4.12. The molecule has 8 nitrogen and oxygen atoms in total. The minimum atomic E-state index is -0.307. The van der Waals surface area contributed by atoms with Gasteiger partial charge in [-0.2, -0.15) is 0 Å². The van der Waals surface area contributed by atoms with Crippen LogP contribution in [0.25, 0.3) is 11.1 Å². The van der Waals surface area contributed by atoms with Crippen LogP contribution >= 0.6 is 0 Å². The zero-order valence-corrected chi connectivity index (χ0v) is 14.8. The molecule has 3 aromatic heterocycles. The lowest BCUT2D eigenvalue weighted by molar-refractivity contribution is 0.471. The fourth-order valence-corrected chi connectivity index (χ4v) is 3.42. The van der Waals surface area contributed by atoms with E-state index in [9.17, 15) is 9.59 Å². The highest BCUT2D eigenvalue weighted by atomic mass is 16.3. The van der Waals surface area contributed by atoms with E-state index in [1.807, 2.05) is 18.2 Å². The van der Waals surface area contributed by atoms with Crippen LogP contribution in [0.5, 0.6) is 0 Å².